The van der Waals surface area contributed by atoms with Crippen molar-refractivity contribution >= 4 is 28.9 Å². The Kier molecular flexibility index (Phi) is 7.88. The minimum Gasteiger partial charge on any atom is -0.448 e. The van der Waals surface area contributed by atoms with E-state index in [0.29, 0.717) is 19.5 Å². The maximum Gasteiger partial charge on any atom is 0.407 e. The van der Waals surface area contributed by atoms with Crippen LogP contribution in [0.2, 0.25) is 5.28 Å². The van der Waals surface area contributed by atoms with Crippen molar-refractivity contribution in [3.8, 4) is 0 Å². The monoisotopic (exact) mass is 451 g/mol. The van der Waals surface area contributed by atoms with Gasteiger partial charge >= 0.3 is 11.8 Å². The fourth-order valence-electron chi connectivity index (χ4n) is 3.20. The molecule has 31 heavy (non-hydrogen) atoms. The maximum atomic E-state index is 12.9. The number of nitrogens with one attached hydrogen (secondary N) is 2. The largest absolute Gasteiger partial charge is 0.448 e. The zero-order valence-corrected chi connectivity index (χ0v) is 18.1. The number of hydrogen-bond donors (Lipinski definition) is 2. The average Bonchev–Trinajstić information content (AvgIpc) is 3.39. The molecule has 2 N–H and O–H groups in total. The zero-order valence-electron chi connectivity index (χ0n) is 17.3. The summed E-state index contributed by atoms with van der Waals surface area (Å²) in [6.07, 6.45) is 7.64. The summed E-state index contributed by atoms with van der Waals surface area (Å²) in [5.74, 6) is 0. The smallest absolute Gasteiger partial charge is 0.407 e. The minimum atomic E-state index is -0.555. The van der Waals surface area contributed by atoms with Gasteiger partial charge < -0.3 is 19.6 Å². The van der Waals surface area contributed by atoms with Gasteiger partial charge in [0.25, 0.3) is 5.56 Å². The van der Waals surface area contributed by atoms with E-state index in [1.54, 1.807) is 23.3 Å². The first-order valence-electron chi connectivity index (χ1n) is 10.3. The molecule has 3 heterocycles. The Morgan fingerprint density at radius 3 is 2.74 bits per heavy atom. The highest BCUT2D eigenvalue weighted by Crippen LogP contribution is 2.10. The lowest BCUT2D eigenvalue weighted by Gasteiger charge is -2.11. The van der Waals surface area contributed by atoms with Crippen LogP contribution in [0.5, 0.6) is 0 Å². The number of carbonyl (C=O) groups is 1. The number of hydrogen-bond acceptors (Lipinski definition) is 6. The van der Waals surface area contributed by atoms with Gasteiger partial charge in [0.1, 0.15) is 6.61 Å². The first-order valence-corrected chi connectivity index (χ1v) is 10.6. The topological polar surface area (TPSA) is 129 Å². The van der Waals surface area contributed by atoms with Gasteiger partial charge in [0.2, 0.25) is 5.28 Å². The second-order valence-electron chi connectivity index (χ2n) is 7.04. The summed E-state index contributed by atoms with van der Waals surface area (Å²) in [6.45, 7) is 3.64. The standard InChI is InChI=1S/C19H26ClN7O4/c1-2-3-4-8-26-15-14(23-17(20)24-15)16(28)27(19(26)30)9-5-6-22-18(29)31-12-11-25-10-7-21-13-25/h7,10,13H,2-6,8-9,11-12H2,1H3,(H,22,29)(H,23,24). The number of fused-ring (bicyclic) bond motifs is 1. The molecule has 11 nitrogen and oxygen atoms in total. The molecule has 0 saturated heterocycles. The number of aromatic nitrogens is 6. The highest BCUT2D eigenvalue weighted by molar-refractivity contribution is 6.28. The first kappa shape index (κ1) is 22.6. The van der Waals surface area contributed by atoms with Crippen LogP contribution in [0.4, 0.5) is 4.79 Å². The predicted octanol–water partition coefficient (Wildman–Crippen LogP) is 1.74. The number of nitrogens with zero attached hydrogens (tertiary/aromatic N) is 5. The van der Waals surface area contributed by atoms with Crippen LogP contribution in [0.1, 0.15) is 32.6 Å². The average molecular weight is 452 g/mol. The van der Waals surface area contributed by atoms with Crippen molar-refractivity contribution in [1.82, 2.24) is 34.0 Å². The van der Waals surface area contributed by atoms with Crippen LogP contribution in [0.15, 0.2) is 28.3 Å². The molecule has 12 heteroatoms. The molecule has 3 rings (SSSR count). The lowest BCUT2D eigenvalue weighted by molar-refractivity contribution is 0.141. The summed E-state index contributed by atoms with van der Waals surface area (Å²) in [6, 6.07) is 0. The predicted molar refractivity (Wildman–Crippen MR) is 115 cm³/mol. The fraction of sp³-hybridized carbons (Fsp3) is 0.526. The van der Waals surface area contributed by atoms with Gasteiger partial charge in [-0.3, -0.25) is 13.9 Å². The number of aromatic amines is 1. The van der Waals surface area contributed by atoms with Crippen molar-refractivity contribution in [2.45, 2.75) is 52.2 Å². The number of rotatable bonds is 11. The molecule has 0 aliphatic rings. The van der Waals surface area contributed by atoms with E-state index in [1.165, 1.54) is 4.57 Å². The van der Waals surface area contributed by atoms with E-state index >= 15 is 0 Å². The quantitative estimate of drug-likeness (QED) is 0.337. The molecule has 0 bridgehead atoms. The van der Waals surface area contributed by atoms with E-state index in [2.05, 4.69) is 27.2 Å². The lowest BCUT2D eigenvalue weighted by atomic mass is 10.2. The number of imidazole rings is 2. The van der Waals surface area contributed by atoms with Crippen LogP contribution >= 0.6 is 11.6 Å². The van der Waals surface area contributed by atoms with E-state index < -0.39 is 17.3 Å². The van der Waals surface area contributed by atoms with E-state index in [0.717, 1.165) is 23.8 Å². The molecular weight excluding hydrogens is 426 g/mol. The van der Waals surface area contributed by atoms with Gasteiger partial charge in [0, 0.05) is 32.0 Å². The summed E-state index contributed by atoms with van der Waals surface area (Å²) in [4.78, 5) is 48.1. The van der Waals surface area contributed by atoms with Crippen LogP contribution in [0.3, 0.4) is 0 Å². The van der Waals surface area contributed by atoms with Crippen molar-refractivity contribution in [2.75, 3.05) is 13.2 Å². The SMILES string of the molecule is CCCCCn1c(=O)n(CCCNC(=O)OCCn2ccnc2)c(=O)c2[nH]c(Cl)nc21. The molecule has 0 atom stereocenters. The third-order valence-electron chi connectivity index (χ3n) is 4.79. The van der Waals surface area contributed by atoms with E-state index in [4.69, 9.17) is 16.3 Å². The third-order valence-corrected chi connectivity index (χ3v) is 4.97. The number of amides is 1. The summed E-state index contributed by atoms with van der Waals surface area (Å²) in [7, 11) is 0. The number of carbonyl (C=O) groups excluding carboxylic acids is 1. The van der Waals surface area contributed by atoms with Crippen molar-refractivity contribution in [3.63, 3.8) is 0 Å². The fourth-order valence-corrected chi connectivity index (χ4v) is 3.37. The van der Waals surface area contributed by atoms with Gasteiger partial charge in [-0.1, -0.05) is 19.8 Å². The van der Waals surface area contributed by atoms with Crippen LogP contribution in [0, 0.1) is 0 Å². The number of alkyl carbamates (subject to hydrolysis) is 1. The van der Waals surface area contributed by atoms with Crippen LogP contribution in [-0.2, 0) is 24.4 Å². The molecule has 3 aromatic heterocycles. The summed E-state index contributed by atoms with van der Waals surface area (Å²) < 4.78 is 9.51. The number of aryl methyl sites for hydroxylation is 1. The molecule has 1 amide bonds. The second kappa shape index (κ2) is 10.8. The first-order chi connectivity index (χ1) is 15.0. The minimum absolute atomic E-state index is 0.0635. The molecule has 168 valence electrons. The lowest BCUT2D eigenvalue weighted by Crippen LogP contribution is -2.41. The third kappa shape index (κ3) is 5.75. The molecule has 3 aromatic rings. The van der Waals surface area contributed by atoms with Crippen LogP contribution in [0.25, 0.3) is 11.2 Å². The number of ether oxygens (including phenoxy) is 1. The van der Waals surface area contributed by atoms with Gasteiger partial charge in [-0.2, -0.15) is 4.98 Å². The number of halogens is 1. The Balaban J connectivity index is 1.58. The van der Waals surface area contributed by atoms with Gasteiger partial charge in [-0.25, -0.2) is 14.6 Å². The molecule has 0 unspecified atom stereocenters. The number of H-pyrrole nitrogens is 1. The molecule has 0 saturated carbocycles. The molecular formula is C19H26ClN7O4. The Morgan fingerprint density at radius 1 is 1.19 bits per heavy atom. The molecule has 0 aromatic carbocycles. The van der Waals surface area contributed by atoms with Crippen LogP contribution in [-0.4, -0.2) is 47.9 Å². The highest BCUT2D eigenvalue weighted by atomic mass is 35.5. The highest BCUT2D eigenvalue weighted by Gasteiger charge is 2.16. The molecule has 0 aliphatic carbocycles. The molecule has 0 spiro atoms. The second-order valence-corrected chi connectivity index (χ2v) is 7.40. The van der Waals surface area contributed by atoms with E-state index in [-0.39, 0.29) is 36.1 Å². The molecule has 0 fully saturated rings. The van der Waals surface area contributed by atoms with Crippen molar-refractivity contribution in [2.24, 2.45) is 0 Å². The Bertz CT molecular complexity index is 1120. The molecule has 0 radical (unpaired) electrons. The Labute approximate surface area is 183 Å². The van der Waals surface area contributed by atoms with E-state index in [9.17, 15) is 14.4 Å². The van der Waals surface area contributed by atoms with Crippen molar-refractivity contribution < 1.29 is 9.53 Å². The Morgan fingerprint density at radius 2 is 2.00 bits per heavy atom. The van der Waals surface area contributed by atoms with Gasteiger partial charge in [0.05, 0.1) is 12.9 Å². The van der Waals surface area contributed by atoms with Gasteiger partial charge in [0.15, 0.2) is 11.2 Å². The summed E-state index contributed by atoms with van der Waals surface area (Å²) >= 11 is 5.93. The maximum absolute atomic E-state index is 12.9. The van der Waals surface area contributed by atoms with Crippen molar-refractivity contribution in [1.29, 1.82) is 0 Å². The van der Waals surface area contributed by atoms with Crippen molar-refractivity contribution in [3.05, 3.63) is 44.8 Å². The zero-order chi connectivity index (χ0) is 22.2. The van der Waals surface area contributed by atoms with Gasteiger partial charge in [-0.15, -0.1) is 0 Å². The molecule has 0 aliphatic heterocycles. The summed E-state index contributed by atoms with van der Waals surface area (Å²) in [5, 5.41) is 2.68. The summed E-state index contributed by atoms with van der Waals surface area (Å²) in [5.41, 5.74) is -0.436. The van der Waals surface area contributed by atoms with Crippen LogP contribution < -0.4 is 16.6 Å². The Hall–Kier alpha value is -3.08. The number of unbranched alkanes of at least 4 members (excludes halogenated alkanes) is 2. The van der Waals surface area contributed by atoms with Gasteiger partial charge in [-0.05, 0) is 24.4 Å². The normalized spacial score (nSPS) is 11.2. The van der Waals surface area contributed by atoms with E-state index in [1.807, 2.05) is 0 Å².